The second-order valence-corrected chi connectivity index (χ2v) is 14.0. The number of sulfonamides is 1. The molecule has 2 aromatic carbocycles. The number of benzene rings is 2. The second kappa shape index (κ2) is 8.37. The smallest absolute Gasteiger partial charge is 0.251 e. The first-order valence-corrected chi connectivity index (χ1v) is 14.5. The Morgan fingerprint density at radius 2 is 1.84 bits per heavy atom. The van der Waals surface area contributed by atoms with Gasteiger partial charge in [0.05, 0.1) is 15.5 Å². The van der Waals surface area contributed by atoms with E-state index in [0.717, 1.165) is 18.0 Å². The van der Waals surface area contributed by atoms with E-state index in [-0.39, 0.29) is 27.8 Å². The van der Waals surface area contributed by atoms with Gasteiger partial charge < -0.3 is 10.6 Å². The number of nitrogens with zero attached hydrogens (tertiary/aromatic N) is 2. The average molecular weight is 557 g/mol. The summed E-state index contributed by atoms with van der Waals surface area (Å²) in [6, 6.07) is 12.2. The maximum atomic E-state index is 14.2. The molecular weight excluding hydrogens is 527 g/mol. The number of rotatable bonds is 8. The molecule has 7 rings (SSSR count). The van der Waals surface area contributed by atoms with Gasteiger partial charge in [-0.25, -0.2) is 12.8 Å². The van der Waals surface area contributed by atoms with Crippen molar-refractivity contribution >= 4 is 33.4 Å². The Bertz CT molecular complexity index is 1500. The van der Waals surface area contributed by atoms with Gasteiger partial charge in [0.2, 0.25) is 10.0 Å². The molecular formula is C28H30ClFN4O3S. The van der Waals surface area contributed by atoms with Crippen LogP contribution in [0.3, 0.4) is 0 Å². The molecule has 4 aliphatic carbocycles. The van der Waals surface area contributed by atoms with Crippen LogP contribution < -0.4 is 10.6 Å². The first-order valence-electron chi connectivity index (χ1n) is 12.7. The molecule has 3 fully saturated rings. The molecule has 0 spiro atoms. The monoisotopic (exact) mass is 556 g/mol. The predicted octanol–water partition coefficient (Wildman–Crippen LogP) is 4.54. The van der Waals surface area contributed by atoms with Gasteiger partial charge in [-0.3, -0.25) is 9.79 Å². The van der Waals surface area contributed by atoms with Crippen LogP contribution in [0.15, 0.2) is 69.7 Å². The van der Waals surface area contributed by atoms with Crippen molar-refractivity contribution in [2.45, 2.75) is 75.0 Å². The van der Waals surface area contributed by atoms with Crippen LogP contribution in [0.1, 0.15) is 52.0 Å². The SMILES string of the molecule is CC1=C(NC(=O)[C@@H]2N=C(C34CC(N(Cc5ccc(Cl)c(F)c5)S(=O)(=O)c5ccccc5)(C3)C4)NC2(C)C)C1. The normalized spacial score (nSPS) is 28.8. The molecule has 2 bridgehead atoms. The van der Waals surface area contributed by atoms with E-state index in [9.17, 15) is 17.6 Å². The van der Waals surface area contributed by atoms with Crippen molar-refractivity contribution in [3.63, 3.8) is 0 Å². The van der Waals surface area contributed by atoms with Gasteiger partial charge in [-0.05, 0) is 75.4 Å². The van der Waals surface area contributed by atoms with Gasteiger partial charge in [-0.15, -0.1) is 0 Å². The summed E-state index contributed by atoms with van der Waals surface area (Å²) in [5.74, 6) is 0.0767. The molecule has 3 saturated carbocycles. The molecule has 0 unspecified atom stereocenters. The lowest BCUT2D eigenvalue weighted by molar-refractivity contribution is -0.151. The largest absolute Gasteiger partial charge is 0.366 e. The van der Waals surface area contributed by atoms with Gasteiger partial charge in [0.25, 0.3) is 5.91 Å². The molecule has 1 atom stereocenters. The molecule has 1 amide bonds. The van der Waals surface area contributed by atoms with Crippen LogP contribution in [0.2, 0.25) is 5.02 Å². The van der Waals surface area contributed by atoms with Crippen LogP contribution in [0, 0.1) is 11.2 Å². The lowest BCUT2D eigenvalue weighted by atomic mass is 9.38. The minimum absolute atomic E-state index is 0.00431. The van der Waals surface area contributed by atoms with Crippen LogP contribution in [0.4, 0.5) is 4.39 Å². The summed E-state index contributed by atoms with van der Waals surface area (Å²) < 4.78 is 43.5. The summed E-state index contributed by atoms with van der Waals surface area (Å²) in [4.78, 5) is 18.0. The molecule has 1 heterocycles. The minimum atomic E-state index is -3.86. The van der Waals surface area contributed by atoms with E-state index in [2.05, 4.69) is 10.6 Å². The summed E-state index contributed by atoms with van der Waals surface area (Å²) in [5.41, 5.74) is 1.24. The van der Waals surface area contributed by atoms with E-state index in [1.54, 1.807) is 36.4 Å². The third kappa shape index (κ3) is 3.98. The fraction of sp³-hybridized carbons (Fsp3) is 0.429. The Labute approximate surface area is 227 Å². The van der Waals surface area contributed by atoms with Crippen molar-refractivity contribution in [1.82, 2.24) is 14.9 Å². The molecule has 0 aromatic heterocycles. The fourth-order valence-corrected chi connectivity index (χ4v) is 8.12. The topological polar surface area (TPSA) is 90.9 Å². The first kappa shape index (κ1) is 25.5. The molecule has 0 radical (unpaired) electrons. The molecule has 2 aromatic rings. The maximum absolute atomic E-state index is 14.2. The molecule has 0 saturated heterocycles. The Hall–Kier alpha value is -2.75. The van der Waals surface area contributed by atoms with Crippen molar-refractivity contribution in [2.75, 3.05) is 0 Å². The van der Waals surface area contributed by atoms with Crippen LogP contribution in [0.5, 0.6) is 0 Å². The summed E-state index contributed by atoms with van der Waals surface area (Å²) in [5, 5.41) is 6.46. The average Bonchev–Trinajstić information content (AvgIpc) is 3.40. The molecule has 200 valence electrons. The van der Waals surface area contributed by atoms with Gasteiger partial charge in [0.1, 0.15) is 11.7 Å². The van der Waals surface area contributed by atoms with Gasteiger partial charge in [-0.2, -0.15) is 4.31 Å². The van der Waals surface area contributed by atoms with Crippen molar-refractivity contribution in [3.05, 3.63) is 76.2 Å². The van der Waals surface area contributed by atoms with Crippen molar-refractivity contribution < 1.29 is 17.6 Å². The van der Waals surface area contributed by atoms with Crippen molar-refractivity contribution in [3.8, 4) is 0 Å². The van der Waals surface area contributed by atoms with Crippen LogP contribution >= 0.6 is 11.6 Å². The van der Waals surface area contributed by atoms with Gasteiger partial charge >= 0.3 is 0 Å². The molecule has 38 heavy (non-hydrogen) atoms. The number of amides is 1. The first-order chi connectivity index (χ1) is 17.9. The number of nitrogens with one attached hydrogen (secondary N) is 2. The number of carbonyl (C=O) groups excluding carboxylic acids is 1. The Morgan fingerprint density at radius 3 is 2.45 bits per heavy atom. The highest BCUT2D eigenvalue weighted by Crippen LogP contribution is 2.71. The lowest BCUT2D eigenvalue weighted by Gasteiger charge is -2.73. The minimum Gasteiger partial charge on any atom is -0.366 e. The Morgan fingerprint density at radius 1 is 1.18 bits per heavy atom. The zero-order valence-corrected chi connectivity index (χ0v) is 23.1. The van der Waals surface area contributed by atoms with Gasteiger partial charge in [-0.1, -0.05) is 35.9 Å². The lowest BCUT2D eigenvalue weighted by Crippen LogP contribution is -2.78. The predicted molar refractivity (Wildman–Crippen MR) is 143 cm³/mol. The van der Waals surface area contributed by atoms with Crippen molar-refractivity contribution in [1.29, 1.82) is 0 Å². The maximum Gasteiger partial charge on any atom is 0.251 e. The van der Waals surface area contributed by atoms with Gasteiger partial charge in [0.15, 0.2) is 6.04 Å². The highest BCUT2D eigenvalue weighted by molar-refractivity contribution is 7.89. The number of amidine groups is 1. The van der Waals surface area contributed by atoms with Crippen LogP contribution in [-0.4, -0.2) is 41.6 Å². The quantitative estimate of drug-likeness (QED) is 0.499. The molecule has 7 nitrogen and oxygen atoms in total. The number of halogens is 2. The summed E-state index contributed by atoms with van der Waals surface area (Å²) >= 11 is 5.87. The number of hydrogen-bond donors (Lipinski definition) is 2. The Kier molecular flexibility index (Phi) is 5.62. The summed E-state index contributed by atoms with van der Waals surface area (Å²) in [6.07, 6.45) is 2.59. The molecule has 10 heteroatoms. The van der Waals surface area contributed by atoms with Crippen LogP contribution in [0.25, 0.3) is 0 Å². The summed E-state index contributed by atoms with van der Waals surface area (Å²) in [7, 11) is -3.86. The van der Waals surface area contributed by atoms with E-state index in [0.29, 0.717) is 24.8 Å². The second-order valence-electron chi connectivity index (χ2n) is 11.8. The van der Waals surface area contributed by atoms with Gasteiger partial charge in [0, 0.05) is 29.6 Å². The van der Waals surface area contributed by atoms with Crippen LogP contribution in [-0.2, 0) is 21.4 Å². The zero-order valence-electron chi connectivity index (χ0n) is 21.5. The van der Waals surface area contributed by atoms with E-state index < -0.39 is 33.0 Å². The molecule has 5 aliphatic rings. The third-order valence-electron chi connectivity index (χ3n) is 8.41. The number of allylic oxidation sites excluding steroid dienone is 2. The zero-order chi connectivity index (χ0) is 27.1. The van der Waals surface area contributed by atoms with Crippen molar-refractivity contribution in [2.24, 2.45) is 10.4 Å². The number of hydrogen-bond acceptors (Lipinski definition) is 5. The molecule has 1 aliphatic heterocycles. The summed E-state index contributed by atoms with van der Waals surface area (Å²) in [6.45, 7) is 5.96. The van der Waals surface area contributed by atoms with E-state index in [1.165, 1.54) is 22.0 Å². The highest BCUT2D eigenvalue weighted by atomic mass is 35.5. The molecule has 2 N–H and O–H groups in total. The fourth-order valence-electron chi connectivity index (χ4n) is 6.22. The standard InChI is InChI=1S/C28H30ClFN4O3S/c1-17-11-22(17)31-24(35)23-26(2,3)33-25(32-23)27-14-28(15-27,16-27)34(13-18-9-10-20(29)21(30)12-18)38(36,37)19-7-5-4-6-8-19/h4-10,12,23H,11,13-16H2,1-3H3,(H,31,35)(H,32,33)/t23-,27?,28?/m0/s1. The third-order valence-corrected chi connectivity index (χ3v) is 10.7. The van der Waals surface area contributed by atoms with E-state index in [4.69, 9.17) is 16.6 Å². The number of aliphatic imine (C=N–C) groups is 1. The van der Waals surface area contributed by atoms with E-state index >= 15 is 0 Å². The Balaban J connectivity index is 1.27. The highest BCUT2D eigenvalue weighted by Gasteiger charge is 2.75. The van der Waals surface area contributed by atoms with E-state index in [1.807, 2.05) is 20.8 Å². The number of carbonyl (C=O) groups is 1.